The Hall–Kier alpha value is -1.71. The van der Waals surface area contributed by atoms with E-state index >= 15 is 0 Å². The zero-order valence-corrected chi connectivity index (χ0v) is 9.72. The van der Waals surface area contributed by atoms with Crippen LogP contribution in [0, 0.1) is 0 Å². The van der Waals surface area contributed by atoms with E-state index in [1.807, 2.05) is 0 Å². The minimum atomic E-state index is -0.853. The monoisotopic (exact) mass is 249 g/mol. The summed E-state index contributed by atoms with van der Waals surface area (Å²) in [6.07, 6.45) is -0.853. The Labute approximate surface area is 104 Å². The SMILES string of the molecule is Nc1cc(O)ccc1C(O)c1cccc(Cl)c1. The zero-order chi connectivity index (χ0) is 12.4. The molecule has 0 aliphatic heterocycles. The van der Waals surface area contributed by atoms with Gasteiger partial charge in [-0.05, 0) is 23.8 Å². The highest BCUT2D eigenvalue weighted by molar-refractivity contribution is 6.30. The van der Waals surface area contributed by atoms with Crippen LogP contribution in [0.1, 0.15) is 17.2 Å². The molecule has 4 N–H and O–H groups in total. The highest BCUT2D eigenvalue weighted by Crippen LogP contribution is 2.30. The normalized spacial score (nSPS) is 12.4. The average molecular weight is 250 g/mol. The van der Waals surface area contributed by atoms with Crippen molar-refractivity contribution in [2.45, 2.75) is 6.10 Å². The van der Waals surface area contributed by atoms with E-state index in [2.05, 4.69) is 0 Å². The van der Waals surface area contributed by atoms with Gasteiger partial charge in [-0.15, -0.1) is 0 Å². The topological polar surface area (TPSA) is 66.5 Å². The van der Waals surface area contributed by atoms with Crippen molar-refractivity contribution in [1.29, 1.82) is 0 Å². The largest absolute Gasteiger partial charge is 0.508 e. The van der Waals surface area contributed by atoms with Crippen LogP contribution in [0.25, 0.3) is 0 Å². The molecule has 0 radical (unpaired) electrons. The van der Waals surface area contributed by atoms with Crippen LogP contribution in [0.3, 0.4) is 0 Å². The van der Waals surface area contributed by atoms with E-state index in [0.717, 1.165) is 0 Å². The predicted octanol–water partition coefficient (Wildman–Crippen LogP) is 2.71. The number of rotatable bonds is 2. The molecule has 0 heterocycles. The molecule has 1 unspecified atom stereocenters. The molecular weight excluding hydrogens is 238 g/mol. The highest BCUT2D eigenvalue weighted by atomic mass is 35.5. The van der Waals surface area contributed by atoms with Gasteiger partial charge in [0.05, 0.1) is 0 Å². The van der Waals surface area contributed by atoms with E-state index in [1.54, 1.807) is 30.3 Å². The maximum atomic E-state index is 10.2. The van der Waals surface area contributed by atoms with E-state index in [4.69, 9.17) is 17.3 Å². The van der Waals surface area contributed by atoms with Gasteiger partial charge >= 0.3 is 0 Å². The Balaban J connectivity index is 2.40. The van der Waals surface area contributed by atoms with Gasteiger partial charge in [-0.3, -0.25) is 0 Å². The molecule has 0 saturated carbocycles. The van der Waals surface area contributed by atoms with Crippen molar-refractivity contribution in [3.63, 3.8) is 0 Å². The molecule has 0 aliphatic carbocycles. The van der Waals surface area contributed by atoms with E-state index in [0.29, 0.717) is 21.8 Å². The fourth-order valence-corrected chi connectivity index (χ4v) is 1.87. The number of phenols is 1. The second-order valence-electron chi connectivity index (χ2n) is 3.77. The quantitative estimate of drug-likeness (QED) is 0.717. The summed E-state index contributed by atoms with van der Waals surface area (Å²) >= 11 is 5.86. The number of phenolic OH excluding ortho intramolecular Hbond substituents is 1. The Morgan fingerprint density at radius 2 is 1.88 bits per heavy atom. The maximum Gasteiger partial charge on any atom is 0.117 e. The van der Waals surface area contributed by atoms with Gasteiger partial charge in [-0.1, -0.05) is 29.8 Å². The molecule has 0 fully saturated rings. The van der Waals surface area contributed by atoms with Crippen LogP contribution in [0.4, 0.5) is 5.69 Å². The summed E-state index contributed by atoms with van der Waals surface area (Å²) in [6.45, 7) is 0. The number of anilines is 1. The second-order valence-corrected chi connectivity index (χ2v) is 4.21. The molecule has 2 rings (SSSR count). The molecule has 0 aliphatic rings. The smallest absolute Gasteiger partial charge is 0.117 e. The van der Waals surface area contributed by atoms with Gasteiger partial charge in [0.25, 0.3) is 0 Å². The van der Waals surface area contributed by atoms with Crippen LogP contribution in [-0.4, -0.2) is 10.2 Å². The number of aliphatic hydroxyl groups is 1. The fourth-order valence-electron chi connectivity index (χ4n) is 1.67. The first-order valence-corrected chi connectivity index (χ1v) is 5.47. The van der Waals surface area contributed by atoms with Gasteiger partial charge in [0.15, 0.2) is 0 Å². The summed E-state index contributed by atoms with van der Waals surface area (Å²) in [5.74, 6) is 0.0737. The summed E-state index contributed by atoms with van der Waals surface area (Å²) in [5, 5.41) is 20.0. The Morgan fingerprint density at radius 3 is 2.53 bits per heavy atom. The molecular formula is C13H12ClNO2. The van der Waals surface area contributed by atoms with Gasteiger partial charge in [0, 0.05) is 22.3 Å². The van der Waals surface area contributed by atoms with Gasteiger partial charge in [0.2, 0.25) is 0 Å². The molecule has 0 aromatic heterocycles. The minimum Gasteiger partial charge on any atom is -0.508 e. The van der Waals surface area contributed by atoms with Crippen LogP contribution in [0.15, 0.2) is 42.5 Å². The van der Waals surface area contributed by atoms with E-state index < -0.39 is 6.10 Å². The molecule has 17 heavy (non-hydrogen) atoms. The summed E-state index contributed by atoms with van der Waals surface area (Å²) in [5.41, 5.74) is 7.30. The minimum absolute atomic E-state index is 0.0737. The molecule has 0 amide bonds. The molecule has 1 atom stereocenters. The number of hydrogen-bond acceptors (Lipinski definition) is 3. The number of halogens is 1. The van der Waals surface area contributed by atoms with E-state index in [9.17, 15) is 10.2 Å². The number of hydrogen-bond donors (Lipinski definition) is 3. The molecule has 2 aromatic rings. The van der Waals surface area contributed by atoms with Gasteiger partial charge in [-0.25, -0.2) is 0 Å². The van der Waals surface area contributed by atoms with Crippen molar-refractivity contribution in [2.75, 3.05) is 5.73 Å². The lowest BCUT2D eigenvalue weighted by Crippen LogP contribution is -2.03. The second kappa shape index (κ2) is 4.65. The van der Waals surface area contributed by atoms with Gasteiger partial charge < -0.3 is 15.9 Å². The van der Waals surface area contributed by atoms with Crippen molar-refractivity contribution < 1.29 is 10.2 Å². The number of aromatic hydroxyl groups is 1. The van der Waals surface area contributed by atoms with E-state index in [-0.39, 0.29) is 5.75 Å². The Morgan fingerprint density at radius 1 is 1.12 bits per heavy atom. The van der Waals surface area contributed by atoms with Crippen molar-refractivity contribution in [3.8, 4) is 5.75 Å². The first kappa shape index (κ1) is 11.8. The lowest BCUT2D eigenvalue weighted by Gasteiger charge is -2.14. The maximum absolute atomic E-state index is 10.2. The molecule has 0 bridgehead atoms. The third-order valence-electron chi connectivity index (χ3n) is 2.53. The van der Waals surface area contributed by atoms with E-state index in [1.165, 1.54) is 12.1 Å². The summed E-state index contributed by atoms with van der Waals surface area (Å²) < 4.78 is 0. The van der Waals surface area contributed by atoms with Crippen LogP contribution < -0.4 is 5.73 Å². The first-order chi connectivity index (χ1) is 8.08. The van der Waals surface area contributed by atoms with Crippen molar-refractivity contribution in [3.05, 3.63) is 58.6 Å². The van der Waals surface area contributed by atoms with Crippen LogP contribution in [-0.2, 0) is 0 Å². The lowest BCUT2D eigenvalue weighted by atomic mass is 10.00. The molecule has 4 heteroatoms. The number of aliphatic hydroxyl groups excluding tert-OH is 1. The Bertz CT molecular complexity index is 543. The third kappa shape index (κ3) is 2.52. The average Bonchev–Trinajstić information content (AvgIpc) is 2.28. The summed E-state index contributed by atoms with van der Waals surface area (Å²) in [7, 11) is 0. The summed E-state index contributed by atoms with van der Waals surface area (Å²) in [6, 6.07) is 11.4. The van der Waals surface area contributed by atoms with Crippen LogP contribution in [0.5, 0.6) is 5.75 Å². The van der Waals surface area contributed by atoms with Crippen molar-refractivity contribution in [2.24, 2.45) is 0 Å². The molecule has 2 aromatic carbocycles. The Kier molecular flexibility index (Phi) is 3.22. The van der Waals surface area contributed by atoms with Gasteiger partial charge in [-0.2, -0.15) is 0 Å². The molecule has 88 valence electrons. The zero-order valence-electron chi connectivity index (χ0n) is 8.97. The third-order valence-corrected chi connectivity index (χ3v) is 2.76. The fraction of sp³-hybridized carbons (Fsp3) is 0.0769. The van der Waals surface area contributed by atoms with Gasteiger partial charge in [0.1, 0.15) is 11.9 Å². The van der Waals surface area contributed by atoms with Crippen molar-refractivity contribution >= 4 is 17.3 Å². The summed E-state index contributed by atoms with van der Waals surface area (Å²) in [4.78, 5) is 0. The molecule has 0 spiro atoms. The van der Waals surface area contributed by atoms with Crippen LogP contribution in [0.2, 0.25) is 5.02 Å². The first-order valence-electron chi connectivity index (χ1n) is 5.10. The molecule has 0 saturated heterocycles. The highest BCUT2D eigenvalue weighted by Gasteiger charge is 2.13. The predicted molar refractivity (Wildman–Crippen MR) is 68.0 cm³/mol. The van der Waals surface area contributed by atoms with Crippen LogP contribution >= 0.6 is 11.6 Å². The number of nitrogen functional groups attached to an aromatic ring is 1. The number of benzene rings is 2. The number of nitrogens with two attached hydrogens (primary N) is 1. The molecule has 3 nitrogen and oxygen atoms in total. The van der Waals surface area contributed by atoms with Crippen molar-refractivity contribution in [1.82, 2.24) is 0 Å². The standard InChI is InChI=1S/C13H12ClNO2/c14-9-3-1-2-8(6-9)13(17)11-5-4-10(16)7-12(11)15/h1-7,13,16-17H,15H2. The lowest BCUT2D eigenvalue weighted by molar-refractivity contribution is 0.221.